The Bertz CT molecular complexity index is 407. The molecule has 1 aromatic rings. The van der Waals surface area contributed by atoms with Crippen molar-refractivity contribution in [2.75, 3.05) is 26.9 Å². The molecular weight excluding hydrogens is 254 g/mol. The molecule has 1 fully saturated rings. The van der Waals surface area contributed by atoms with Gasteiger partial charge in [-0.15, -0.1) is 0 Å². The lowest BCUT2D eigenvalue weighted by Gasteiger charge is -2.28. The van der Waals surface area contributed by atoms with Gasteiger partial charge in [0.25, 0.3) is 0 Å². The average molecular weight is 279 g/mol. The standard InChI is InChI=1S/C16H25NO3/c1-13-7-8-16(11-13,12-17)20-10-9-19-15-5-3-14(18-2)4-6-15/h3-6,13H,7-12,17H2,1-2H3. The molecule has 2 rings (SSSR count). The van der Waals surface area contributed by atoms with E-state index in [-0.39, 0.29) is 5.60 Å². The molecule has 1 aromatic carbocycles. The number of nitrogens with two attached hydrogens (primary N) is 1. The van der Waals surface area contributed by atoms with Gasteiger partial charge in [0.15, 0.2) is 0 Å². The molecule has 0 aliphatic heterocycles. The van der Waals surface area contributed by atoms with Crippen molar-refractivity contribution < 1.29 is 14.2 Å². The minimum atomic E-state index is -0.122. The van der Waals surface area contributed by atoms with Crippen LogP contribution in [-0.2, 0) is 4.74 Å². The van der Waals surface area contributed by atoms with Crippen molar-refractivity contribution in [3.05, 3.63) is 24.3 Å². The highest BCUT2D eigenvalue weighted by Gasteiger charge is 2.37. The summed E-state index contributed by atoms with van der Waals surface area (Å²) < 4.78 is 16.8. The first kappa shape index (κ1) is 15.1. The molecule has 0 heterocycles. The lowest BCUT2D eigenvalue weighted by Crippen LogP contribution is -2.39. The van der Waals surface area contributed by atoms with Crippen LogP contribution in [0.5, 0.6) is 11.5 Å². The van der Waals surface area contributed by atoms with E-state index >= 15 is 0 Å². The molecule has 0 amide bonds. The number of methoxy groups -OCH3 is 1. The number of benzene rings is 1. The highest BCUT2D eigenvalue weighted by molar-refractivity contribution is 5.31. The maximum atomic E-state index is 6.00. The third-order valence-electron chi connectivity index (χ3n) is 4.00. The Hall–Kier alpha value is -1.26. The SMILES string of the molecule is COc1ccc(OCCOC2(CN)CCC(C)C2)cc1. The third kappa shape index (κ3) is 3.87. The molecule has 1 aliphatic rings. The van der Waals surface area contributed by atoms with Gasteiger partial charge in [-0.25, -0.2) is 0 Å². The van der Waals surface area contributed by atoms with Gasteiger partial charge in [0, 0.05) is 6.54 Å². The third-order valence-corrected chi connectivity index (χ3v) is 4.00. The molecule has 2 unspecified atom stereocenters. The van der Waals surface area contributed by atoms with Crippen LogP contribution in [0.4, 0.5) is 0 Å². The second-order valence-electron chi connectivity index (χ2n) is 5.61. The Morgan fingerprint density at radius 2 is 1.90 bits per heavy atom. The molecular formula is C16H25NO3. The van der Waals surface area contributed by atoms with Gasteiger partial charge in [0.2, 0.25) is 0 Å². The number of hydrogen-bond acceptors (Lipinski definition) is 4. The number of rotatable bonds is 7. The molecule has 112 valence electrons. The van der Waals surface area contributed by atoms with Crippen LogP contribution < -0.4 is 15.2 Å². The summed E-state index contributed by atoms with van der Waals surface area (Å²) in [6.07, 6.45) is 3.33. The second kappa shape index (κ2) is 6.95. The van der Waals surface area contributed by atoms with E-state index in [9.17, 15) is 0 Å². The fraction of sp³-hybridized carbons (Fsp3) is 0.625. The second-order valence-corrected chi connectivity index (χ2v) is 5.61. The van der Waals surface area contributed by atoms with E-state index in [1.165, 1.54) is 6.42 Å². The van der Waals surface area contributed by atoms with Crippen molar-refractivity contribution in [2.24, 2.45) is 11.7 Å². The first-order valence-electron chi connectivity index (χ1n) is 7.28. The highest BCUT2D eigenvalue weighted by atomic mass is 16.5. The first-order chi connectivity index (χ1) is 9.67. The monoisotopic (exact) mass is 279 g/mol. The number of ether oxygens (including phenoxy) is 3. The zero-order valence-electron chi connectivity index (χ0n) is 12.4. The van der Waals surface area contributed by atoms with Gasteiger partial charge < -0.3 is 19.9 Å². The van der Waals surface area contributed by atoms with Crippen LogP contribution in [-0.4, -0.2) is 32.5 Å². The van der Waals surface area contributed by atoms with E-state index < -0.39 is 0 Å². The van der Waals surface area contributed by atoms with Crippen LogP contribution >= 0.6 is 0 Å². The molecule has 0 spiro atoms. The van der Waals surface area contributed by atoms with E-state index in [0.29, 0.717) is 25.7 Å². The van der Waals surface area contributed by atoms with Crippen LogP contribution in [0.15, 0.2) is 24.3 Å². The van der Waals surface area contributed by atoms with Crippen molar-refractivity contribution in [1.82, 2.24) is 0 Å². The molecule has 0 radical (unpaired) electrons. The summed E-state index contributed by atoms with van der Waals surface area (Å²) in [6.45, 7) is 3.98. The molecule has 2 atom stereocenters. The lowest BCUT2D eigenvalue weighted by atomic mass is 10.0. The van der Waals surface area contributed by atoms with E-state index in [4.69, 9.17) is 19.9 Å². The maximum absolute atomic E-state index is 6.00. The van der Waals surface area contributed by atoms with E-state index in [2.05, 4.69) is 6.92 Å². The summed E-state index contributed by atoms with van der Waals surface area (Å²) in [5.74, 6) is 2.37. The zero-order valence-corrected chi connectivity index (χ0v) is 12.4. The van der Waals surface area contributed by atoms with E-state index in [1.807, 2.05) is 24.3 Å². The molecule has 0 saturated heterocycles. The Labute approximate surface area is 121 Å². The summed E-state index contributed by atoms with van der Waals surface area (Å²) >= 11 is 0. The van der Waals surface area contributed by atoms with E-state index in [1.54, 1.807) is 7.11 Å². The normalized spacial score (nSPS) is 25.6. The minimum absolute atomic E-state index is 0.122. The lowest BCUT2D eigenvalue weighted by molar-refractivity contribution is -0.0462. The minimum Gasteiger partial charge on any atom is -0.497 e. The van der Waals surface area contributed by atoms with Gasteiger partial charge in [0.1, 0.15) is 18.1 Å². The van der Waals surface area contributed by atoms with Crippen molar-refractivity contribution in [3.8, 4) is 11.5 Å². The number of hydrogen-bond donors (Lipinski definition) is 1. The molecule has 4 nitrogen and oxygen atoms in total. The average Bonchev–Trinajstić information content (AvgIpc) is 2.86. The Kier molecular flexibility index (Phi) is 5.26. The van der Waals surface area contributed by atoms with Crippen LogP contribution in [0.1, 0.15) is 26.2 Å². The molecule has 1 aliphatic carbocycles. The van der Waals surface area contributed by atoms with Crippen molar-refractivity contribution >= 4 is 0 Å². The molecule has 0 bridgehead atoms. The summed E-state index contributed by atoms with van der Waals surface area (Å²) in [6, 6.07) is 7.57. The molecule has 0 aromatic heterocycles. The van der Waals surface area contributed by atoms with Gasteiger partial charge >= 0.3 is 0 Å². The van der Waals surface area contributed by atoms with E-state index in [0.717, 1.165) is 24.3 Å². The summed E-state index contributed by atoms with van der Waals surface area (Å²) in [7, 11) is 1.65. The highest BCUT2D eigenvalue weighted by Crippen LogP contribution is 2.36. The first-order valence-corrected chi connectivity index (χ1v) is 7.28. The van der Waals surface area contributed by atoms with Crippen molar-refractivity contribution in [1.29, 1.82) is 0 Å². The Morgan fingerprint density at radius 1 is 1.20 bits per heavy atom. The Morgan fingerprint density at radius 3 is 2.45 bits per heavy atom. The Balaban J connectivity index is 1.72. The largest absolute Gasteiger partial charge is 0.497 e. The summed E-state index contributed by atoms with van der Waals surface area (Å²) in [5.41, 5.74) is 5.75. The van der Waals surface area contributed by atoms with Gasteiger partial charge in [-0.1, -0.05) is 6.92 Å². The van der Waals surface area contributed by atoms with Crippen LogP contribution in [0.3, 0.4) is 0 Å². The predicted octanol–water partition coefficient (Wildman–Crippen LogP) is 2.61. The summed E-state index contributed by atoms with van der Waals surface area (Å²) in [5, 5.41) is 0. The quantitative estimate of drug-likeness (QED) is 0.780. The van der Waals surface area contributed by atoms with Gasteiger partial charge in [0.05, 0.1) is 19.3 Å². The van der Waals surface area contributed by atoms with Crippen LogP contribution in [0.25, 0.3) is 0 Å². The predicted molar refractivity (Wildman–Crippen MR) is 79.2 cm³/mol. The molecule has 1 saturated carbocycles. The van der Waals surface area contributed by atoms with Crippen LogP contribution in [0, 0.1) is 5.92 Å². The smallest absolute Gasteiger partial charge is 0.119 e. The maximum Gasteiger partial charge on any atom is 0.119 e. The molecule has 4 heteroatoms. The van der Waals surface area contributed by atoms with Gasteiger partial charge in [-0.2, -0.15) is 0 Å². The topological polar surface area (TPSA) is 53.7 Å². The fourth-order valence-electron chi connectivity index (χ4n) is 2.81. The molecule has 2 N–H and O–H groups in total. The van der Waals surface area contributed by atoms with Gasteiger partial charge in [-0.05, 0) is 49.4 Å². The van der Waals surface area contributed by atoms with Gasteiger partial charge in [-0.3, -0.25) is 0 Å². The van der Waals surface area contributed by atoms with Crippen LogP contribution in [0.2, 0.25) is 0 Å². The fourth-order valence-corrected chi connectivity index (χ4v) is 2.81. The van der Waals surface area contributed by atoms with Crippen molar-refractivity contribution in [3.63, 3.8) is 0 Å². The zero-order chi connectivity index (χ0) is 14.4. The van der Waals surface area contributed by atoms with Crippen molar-refractivity contribution in [2.45, 2.75) is 31.8 Å². The molecule has 20 heavy (non-hydrogen) atoms. The summed E-state index contributed by atoms with van der Waals surface area (Å²) in [4.78, 5) is 0.